The SMILES string of the molecule is COCCOCOc1cc2ccc(Br)cc2c(F)c1N1CC(=O)N(COCCOC)S1(=O)=O. The summed E-state index contributed by atoms with van der Waals surface area (Å²) in [6.07, 6.45) is 0. The van der Waals surface area contributed by atoms with E-state index >= 15 is 4.39 Å². The molecule has 1 aliphatic heterocycles. The number of methoxy groups -OCH3 is 2. The summed E-state index contributed by atoms with van der Waals surface area (Å²) in [6.45, 7) is -0.539. The summed E-state index contributed by atoms with van der Waals surface area (Å²) < 4.78 is 69.6. The standard InChI is InChI=1S/C20H24BrFN2O8S/c1-28-5-7-30-12-24-18(25)11-23(33(24,26)27)20-17(32-13-31-8-6-29-2)9-14-3-4-15(21)10-16(14)19(20)22/h3-4,9-10H,5-8,11-13H2,1-2H3. The van der Waals surface area contributed by atoms with E-state index < -0.39 is 35.2 Å². The highest BCUT2D eigenvalue weighted by atomic mass is 79.9. The topological polar surface area (TPSA) is 104 Å². The van der Waals surface area contributed by atoms with Crippen LogP contribution in [0.15, 0.2) is 28.7 Å². The first kappa shape index (κ1) is 25.6. The van der Waals surface area contributed by atoms with Crippen LogP contribution in [-0.4, -0.2) is 79.3 Å². The molecule has 0 unspecified atom stereocenters. The maximum Gasteiger partial charge on any atom is 0.331 e. The number of hydrogen-bond acceptors (Lipinski definition) is 8. The molecule has 0 aliphatic carbocycles. The second-order valence-corrected chi connectivity index (χ2v) is 9.55. The molecule has 182 valence electrons. The van der Waals surface area contributed by atoms with E-state index in [-0.39, 0.29) is 43.4 Å². The van der Waals surface area contributed by atoms with Crippen molar-refractivity contribution in [2.75, 3.05) is 65.0 Å². The van der Waals surface area contributed by atoms with Gasteiger partial charge < -0.3 is 23.7 Å². The van der Waals surface area contributed by atoms with Crippen LogP contribution in [0.4, 0.5) is 10.1 Å². The van der Waals surface area contributed by atoms with Gasteiger partial charge in [0.2, 0.25) is 0 Å². The minimum Gasteiger partial charge on any atom is -0.465 e. The third-order valence-electron chi connectivity index (χ3n) is 4.71. The van der Waals surface area contributed by atoms with Gasteiger partial charge in [-0.2, -0.15) is 12.7 Å². The maximum atomic E-state index is 15.7. The molecule has 0 aromatic heterocycles. The summed E-state index contributed by atoms with van der Waals surface area (Å²) in [5, 5.41) is 0.637. The summed E-state index contributed by atoms with van der Waals surface area (Å²) in [6, 6.07) is 6.39. The lowest BCUT2D eigenvalue weighted by Gasteiger charge is -2.23. The maximum absolute atomic E-state index is 15.7. The molecule has 10 nitrogen and oxygen atoms in total. The van der Waals surface area contributed by atoms with Crippen molar-refractivity contribution in [2.24, 2.45) is 0 Å². The highest BCUT2D eigenvalue weighted by molar-refractivity contribution is 9.10. The van der Waals surface area contributed by atoms with Gasteiger partial charge in [-0.05, 0) is 23.6 Å². The van der Waals surface area contributed by atoms with E-state index in [1.165, 1.54) is 26.4 Å². The molecule has 1 fully saturated rings. The number of rotatable bonds is 12. The lowest BCUT2D eigenvalue weighted by Crippen LogP contribution is -2.36. The lowest BCUT2D eigenvalue weighted by atomic mass is 10.1. The molecule has 1 amide bonds. The quantitative estimate of drug-likeness (QED) is 0.293. The highest BCUT2D eigenvalue weighted by Crippen LogP contribution is 2.41. The fourth-order valence-electron chi connectivity index (χ4n) is 3.09. The van der Waals surface area contributed by atoms with Gasteiger partial charge >= 0.3 is 10.2 Å². The van der Waals surface area contributed by atoms with Crippen molar-refractivity contribution < 1.29 is 41.3 Å². The minimum atomic E-state index is -4.42. The van der Waals surface area contributed by atoms with Crippen LogP contribution in [-0.2, 0) is 34.0 Å². The van der Waals surface area contributed by atoms with Gasteiger partial charge in [-0.15, -0.1) is 0 Å². The molecule has 1 saturated heterocycles. The van der Waals surface area contributed by atoms with Gasteiger partial charge in [0.05, 0.1) is 26.4 Å². The summed E-state index contributed by atoms with van der Waals surface area (Å²) in [5.74, 6) is -1.69. The second kappa shape index (κ2) is 11.4. The number of anilines is 1. The third-order valence-corrected chi connectivity index (χ3v) is 6.94. The van der Waals surface area contributed by atoms with E-state index in [0.717, 1.165) is 0 Å². The van der Waals surface area contributed by atoms with Crippen molar-refractivity contribution in [3.63, 3.8) is 0 Å². The Bertz CT molecular complexity index is 1100. The molecule has 0 saturated carbocycles. The number of fused-ring (bicyclic) bond motifs is 1. The van der Waals surface area contributed by atoms with Gasteiger partial charge in [-0.1, -0.05) is 22.0 Å². The predicted octanol–water partition coefficient (Wildman–Crippen LogP) is 2.25. The smallest absolute Gasteiger partial charge is 0.331 e. The fraction of sp³-hybridized carbons (Fsp3) is 0.450. The Labute approximate surface area is 199 Å². The normalized spacial score (nSPS) is 15.6. The summed E-state index contributed by atoms with van der Waals surface area (Å²) in [4.78, 5) is 12.5. The predicted molar refractivity (Wildman–Crippen MR) is 121 cm³/mol. The number of benzene rings is 2. The number of nitrogens with zero attached hydrogens (tertiary/aromatic N) is 2. The molecule has 2 aromatic carbocycles. The molecular weight excluding hydrogens is 527 g/mol. The number of carbonyl (C=O) groups excluding carboxylic acids is 1. The zero-order valence-corrected chi connectivity index (χ0v) is 20.5. The van der Waals surface area contributed by atoms with E-state index in [1.54, 1.807) is 12.1 Å². The Kier molecular flexibility index (Phi) is 8.84. The first-order valence-electron chi connectivity index (χ1n) is 9.82. The van der Waals surface area contributed by atoms with Crippen LogP contribution in [0.25, 0.3) is 10.8 Å². The first-order valence-corrected chi connectivity index (χ1v) is 12.0. The number of hydrogen-bond donors (Lipinski definition) is 0. The van der Waals surface area contributed by atoms with Crippen molar-refractivity contribution in [2.45, 2.75) is 0 Å². The van der Waals surface area contributed by atoms with Crippen LogP contribution < -0.4 is 9.04 Å². The Morgan fingerprint density at radius 1 is 1.06 bits per heavy atom. The van der Waals surface area contributed by atoms with E-state index in [0.29, 0.717) is 25.1 Å². The van der Waals surface area contributed by atoms with Gasteiger partial charge in [0.15, 0.2) is 18.4 Å². The largest absolute Gasteiger partial charge is 0.465 e. The number of amides is 1. The van der Waals surface area contributed by atoms with Crippen molar-refractivity contribution in [3.8, 4) is 5.75 Å². The van der Waals surface area contributed by atoms with Crippen molar-refractivity contribution in [1.82, 2.24) is 4.31 Å². The molecular formula is C20H24BrFN2O8S. The molecule has 0 atom stereocenters. The van der Waals surface area contributed by atoms with Gasteiger partial charge in [-0.3, -0.25) is 4.79 Å². The molecule has 0 N–H and O–H groups in total. The average Bonchev–Trinajstić information content (AvgIpc) is 3.00. The summed E-state index contributed by atoms with van der Waals surface area (Å²) in [5.41, 5.74) is -0.385. The van der Waals surface area contributed by atoms with Crippen LogP contribution in [0.3, 0.4) is 0 Å². The van der Waals surface area contributed by atoms with Crippen molar-refractivity contribution >= 4 is 48.5 Å². The Morgan fingerprint density at radius 3 is 2.45 bits per heavy atom. The lowest BCUT2D eigenvalue weighted by molar-refractivity contribution is -0.127. The van der Waals surface area contributed by atoms with Gasteiger partial charge in [-0.25, -0.2) is 8.70 Å². The average molecular weight is 551 g/mol. The molecule has 33 heavy (non-hydrogen) atoms. The number of halogens is 2. The van der Waals surface area contributed by atoms with Crippen LogP contribution in [0.2, 0.25) is 0 Å². The van der Waals surface area contributed by atoms with Crippen molar-refractivity contribution in [1.29, 1.82) is 0 Å². The molecule has 3 rings (SSSR count). The highest BCUT2D eigenvalue weighted by Gasteiger charge is 2.45. The van der Waals surface area contributed by atoms with Crippen LogP contribution in [0, 0.1) is 5.82 Å². The van der Waals surface area contributed by atoms with Gasteiger partial charge in [0, 0.05) is 24.1 Å². The van der Waals surface area contributed by atoms with E-state index in [1.807, 2.05) is 0 Å². The Hall–Kier alpha value is -2.03. The van der Waals surface area contributed by atoms with E-state index in [4.69, 9.17) is 23.7 Å². The summed E-state index contributed by atoms with van der Waals surface area (Å²) in [7, 11) is -1.45. The van der Waals surface area contributed by atoms with Gasteiger partial charge in [0.1, 0.15) is 19.0 Å². The van der Waals surface area contributed by atoms with Crippen LogP contribution in [0.1, 0.15) is 0 Å². The van der Waals surface area contributed by atoms with E-state index in [2.05, 4.69) is 15.9 Å². The molecule has 1 heterocycles. The third kappa shape index (κ3) is 5.73. The zero-order chi connectivity index (χ0) is 24.0. The second-order valence-electron chi connectivity index (χ2n) is 6.85. The molecule has 0 spiro atoms. The minimum absolute atomic E-state index is 0.0847. The van der Waals surface area contributed by atoms with Crippen molar-refractivity contribution in [3.05, 3.63) is 34.6 Å². The number of carbonyl (C=O) groups is 1. The van der Waals surface area contributed by atoms with Gasteiger partial charge in [0.25, 0.3) is 5.91 Å². The molecule has 1 aliphatic rings. The number of ether oxygens (including phenoxy) is 5. The Balaban J connectivity index is 1.98. The summed E-state index contributed by atoms with van der Waals surface area (Å²) >= 11 is 3.29. The van der Waals surface area contributed by atoms with E-state index in [9.17, 15) is 13.2 Å². The monoisotopic (exact) mass is 550 g/mol. The molecule has 0 bridgehead atoms. The molecule has 13 heteroatoms. The first-order chi connectivity index (χ1) is 15.8. The Morgan fingerprint density at radius 2 is 1.76 bits per heavy atom. The zero-order valence-electron chi connectivity index (χ0n) is 18.1. The van der Waals surface area contributed by atoms with Crippen LogP contribution >= 0.6 is 15.9 Å². The fourth-order valence-corrected chi connectivity index (χ4v) is 4.89. The molecule has 0 radical (unpaired) electrons. The van der Waals surface area contributed by atoms with Crippen LogP contribution in [0.5, 0.6) is 5.75 Å². The molecule has 2 aromatic rings.